The third-order valence-corrected chi connectivity index (χ3v) is 21.9. The molecule has 618 valence electrons. The Bertz CT molecular complexity index is 1980. The van der Waals surface area contributed by atoms with Crippen molar-refractivity contribution < 1.29 is 80.2 Å². The van der Waals surface area contributed by atoms with E-state index >= 15 is 0 Å². The molecule has 0 aromatic carbocycles. The van der Waals surface area contributed by atoms with Crippen molar-refractivity contribution in [2.24, 2.45) is 5.92 Å². The lowest BCUT2D eigenvalue weighted by Crippen LogP contribution is -2.30. The molecular formula is C85H166O17P2. The summed E-state index contributed by atoms with van der Waals surface area (Å²) in [6.07, 6.45) is 70.6. The molecule has 0 bridgehead atoms. The van der Waals surface area contributed by atoms with Gasteiger partial charge in [0, 0.05) is 25.7 Å². The Morgan fingerprint density at radius 2 is 0.442 bits per heavy atom. The van der Waals surface area contributed by atoms with Crippen LogP contribution in [0.25, 0.3) is 0 Å². The number of ether oxygens (including phenoxy) is 4. The third-order valence-electron chi connectivity index (χ3n) is 20.0. The van der Waals surface area contributed by atoms with E-state index in [4.69, 9.17) is 37.0 Å². The summed E-state index contributed by atoms with van der Waals surface area (Å²) in [6.45, 7) is 7.41. The Morgan fingerprint density at radius 1 is 0.260 bits per heavy atom. The summed E-state index contributed by atoms with van der Waals surface area (Å²) in [5.41, 5.74) is 0. The lowest BCUT2D eigenvalue weighted by atomic mass is 10.0. The highest BCUT2D eigenvalue weighted by Gasteiger charge is 2.30. The number of carbonyl (C=O) groups is 4. The van der Waals surface area contributed by atoms with Gasteiger partial charge in [0.25, 0.3) is 0 Å². The van der Waals surface area contributed by atoms with Crippen molar-refractivity contribution in [1.82, 2.24) is 0 Å². The van der Waals surface area contributed by atoms with Crippen LogP contribution < -0.4 is 0 Å². The summed E-state index contributed by atoms with van der Waals surface area (Å²) in [5.74, 6) is -1.28. The van der Waals surface area contributed by atoms with Crippen molar-refractivity contribution in [3.63, 3.8) is 0 Å². The number of aliphatic hydroxyl groups is 1. The molecule has 0 aliphatic rings. The molecule has 0 rings (SSSR count). The monoisotopic (exact) mass is 1520 g/mol. The highest BCUT2D eigenvalue weighted by atomic mass is 31.2. The first-order chi connectivity index (χ1) is 50.5. The molecule has 3 N–H and O–H groups in total. The number of hydrogen-bond acceptors (Lipinski definition) is 15. The number of phosphoric ester groups is 2. The summed E-state index contributed by atoms with van der Waals surface area (Å²) >= 11 is 0. The van der Waals surface area contributed by atoms with Gasteiger partial charge >= 0.3 is 39.5 Å². The minimum Gasteiger partial charge on any atom is -0.462 e. The molecule has 0 saturated heterocycles. The molecule has 0 amide bonds. The highest BCUT2D eigenvalue weighted by Crippen LogP contribution is 2.45. The van der Waals surface area contributed by atoms with Gasteiger partial charge in [-0.3, -0.25) is 37.3 Å². The molecule has 104 heavy (non-hydrogen) atoms. The second-order valence-corrected chi connectivity index (χ2v) is 34.0. The Kier molecular flexibility index (Phi) is 76.3. The van der Waals surface area contributed by atoms with Crippen LogP contribution in [-0.4, -0.2) is 96.7 Å². The van der Waals surface area contributed by atoms with E-state index < -0.39 is 97.5 Å². The van der Waals surface area contributed by atoms with Gasteiger partial charge in [0.15, 0.2) is 12.2 Å². The normalized spacial score (nSPS) is 13.8. The van der Waals surface area contributed by atoms with Crippen molar-refractivity contribution >= 4 is 39.5 Å². The largest absolute Gasteiger partial charge is 0.472 e. The van der Waals surface area contributed by atoms with Crippen LogP contribution in [0.5, 0.6) is 0 Å². The lowest BCUT2D eigenvalue weighted by Gasteiger charge is -2.21. The molecule has 0 spiro atoms. The van der Waals surface area contributed by atoms with Gasteiger partial charge in [0.1, 0.15) is 19.3 Å². The second kappa shape index (κ2) is 77.8. The van der Waals surface area contributed by atoms with Crippen LogP contribution in [0.4, 0.5) is 0 Å². The first kappa shape index (κ1) is 102. The molecule has 0 aliphatic carbocycles. The number of phosphoric acid groups is 2. The summed E-state index contributed by atoms with van der Waals surface area (Å²) in [7, 11) is -9.93. The molecule has 0 aromatic rings. The summed E-state index contributed by atoms with van der Waals surface area (Å²) < 4.78 is 68.9. The maximum atomic E-state index is 13.1. The first-order valence-electron chi connectivity index (χ1n) is 44.1. The fraction of sp³-hybridized carbons (Fsp3) is 0.953. The molecule has 5 atom stereocenters. The fourth-order valence-corrected chi connectivity index (χ4v) is 14.9. The molecule has 19 heteroatoms. The Morgan fingerprint density at radius 3 is 0.654 bits per heavy atom. The average Bonchev–Trinajstić information content (AvgIpc) is 0.921. The number of unbranched alkanes of at least 4 members (excludes halogenated alkanes) is 57. The smallest absolute Gasteiger partial charge is 0.462 e. The predicted molar refractivity (Wildman–Crippen MR) is 428 cm³/mol. The van der Waals surface area contributed by atoms with Crippen molar-refractivity contribution in [2.75, 3.05) is 39.6 Å². The summed E-state index contributed by atoms with van der Waals surface area (Å²) in [5, 5.41) is 10.7. The molecule has 0 radical (unpaired) electrons. The minimum absolute atomic E-state index is 0.109. The second-order valence-electron chi connectivity index (χ2n) is 31.1. The molecule has 0 heterocycles. The van der Waals surface area contributed by atoms with E-state index in [9.17, 15) is 43.2 Å². The topological polar surface area (TPSA) is 237 Å². The number of esters is 4. The Balaban J connectivity index is 5.24. The fourth-order valence-electron chi connectivity index (χ4n) is 13.3. The van der Waals surface area contributed by atoms with Crippen LogP contribution in [0.3, 0.4) is 0 Å². The average molecular weight is 1520 g/mol. The zero-order valence-corrected chi connectivity index (χ0v) is 70.0. The van der Waals surface area contributed by atoms with E-state index in [1.165, 1.54) is 283 Å². The van der Waals surface area contributed by atoms with E-state index in [1.54, 1.807) is 0 Å². The maximum absolute atomic E-state index is 13.1. The van der Waals surface area contributed by atoms with Crippen molar-refractivity contribution in [1.29, 1.82) is 0 Å². The first-order valence-corrected chi connectivity index (χ1v) is 47.1. The number of rotatable bonds is 85. The summed E-state index contributed by atoms with van der Waals surface area (Å²) in [6, 6.07) is 0. The van der Waals surface area contributed by atoms with Crippen molar-refractivity contribution in [3.05, 3.63) is 0 Å². The zero-order valence-electron chi connectivity index (χ0n) is 68.2. The van der Waals surface area contributed by atoms with Gasteiger partial charge in [-0.05, 0) is 31.6 Å². The molecule has 0 aromatic heterocycles. The molecule has 0 aliphatic heterocycles. The molecule has 0 saturated carbocycles. The van der Waals surface area contributed by atoms with Gasteiger partial charge in [-0.1, -0.05) is 407 Å². The molecule has 0 fully saturated rings. The molecular weight excluding hydrogens is 1350 g/mol. The minimum atomic E-state index is -4.96. The third kappa shape index (κ3) is 78.2. The van der Waals surface area contributed by atoms with Crippen LogP contribution in [0.15, 0.2) is 0 Å². The van der Waals surface area contributed by atoms with E-state index in [-0.39, 0.29) is 25.7 Å². The number of aliphatic hydroxyl groups excluding tert-OH is 1. The van der Waals surface area contributed by atoms with Gasteiger partial charge in [-0.15, -0.1) is 0 Å². The maximum Gasteiger partial charge on any atom is 0.472 e. The van der Waals surface area contributed by atoms with E-state index in [1.807, 2.05) is 0 Å². The van der Waals surface area contributed by atoms with Crippen LogP contribution in [-0.2, 0) is 65.4 Å². The number of carbonyl (C=O) groups excluding carboxylic acids is 4. The quantitative estimate of drug-likeness (QED) is 0.0222. The van der Waals surface area contributed by atoms with E-state index in [0.29, 0.717) is 25.7 Å². The standard InChI is InChI=1S/C85H166O17P2/c1-6-9-12-15-18-21-24-27-29-35-40-44-49-54-59-64-69-83(88)96-75-81(102-85(90)71-66-61-56-51-46-41-36-33-31-30-32-34-38-42-47-52-57-62-67-78(4)5)77-100-104(93,94)98-73-79(86)72-97-103(91,92)99-76-80(74-95-82(87)68-63-58-53-48-43-37-26-23-20-17-14-11-8-3)101-84(89)70-65-60-55-50-45-39-28-25-22-19-16-13-10-7-2/h78-81,86H,6-77H2,1-5H3,(H,91,92)(H,93,94)/t79-,80+,81+/m0/s1. The predicted octanol–water partition coefficient (Wildman–Crippen LogP) is 26.0. The van der Waals surface area contributed by atoms with Crippen LogP contribution in [0, 0.1) is 5.92 Å². The van der Waals surface area contributed by atoms with Gasteiger partial charge in [0.05, 0.1) is 26.4 Å². The van der Waals surface area contributed by atoms with E-state index in [2.05, 4.69) is 34.6 Å². The van der Waals surface area contributed by atoms with Gasteiger partial charge < -0.3 is 33.8 Å². The lowest BCUT2D eigenvalue weighted by molar-refractivity contribution is -0.161. The van der Waals surface area contributed by atoms with Crippen LogP contribution in [0.1, 0.15) is 458 Å². The van der Waals surface area contributed by atoms with Gasteiger partial charge in [-0.2, -0.15) is 0 Å². The molecule has 17 nitrogen and oxygen atoms in total. The SMILES string of the molecule is CCCCCCCCCCCCCCCCCCC(=O)OC[C@H](COP(=O)(O)OC[C@@H](O)COP(=O)(O)OC[C@@H](COC(=O)CCCCCCCCCCCCCCC)OC(=O)CCCCCCCCCCCCCCCC)OC(=O)CCCCCCCCCCCCCCCCCCCCC(C)C. The van der Waals surface area contributed by atoms with Crippen molar-refractivity contribution in [2.45, 2.75) is 477 Å². The Labute approximate surface area is 638 Å². The van der Waals surface area contributed by atoms with E-state index in [0.717, 1.165) is 95.8 Å². The van der Waals surface area contributed by atoms with Crippen LogP contribution >= 0.6 is 15.6 Å². The van der Waals surface area contributed by atoms with Crippen LogP contribution in [0.2, 0.25) is 0 Å². The molecule has 2 unspecified atom stereocenters. The highest BCUT2D eigenvalue weighted by molar-refractivity contribution is 7.47. The number of hydrogen-bond donors (Lipinski definition) is 3. The Hall–Kier alpha value is -1.94. The zero-order chi connectivity index (χ0) is 76.2. The summed E-state index contributed by atoms with van der Waals surface area (Å²) in [4.78, 5) is 73.2. The van der Waals surface area contributed by atoms with Gasteiger partial charge in [0.2, 0.25) is 0 Å². The van der Waals surface area contributed by atoms with Gasteiger partial charge in [-0.25, -0.2) is 9.13 Å². The van der Waals surface area contributed by atoms with Crippen molar-refractivity contribution in [3.8, 4) is 0 Å².